The third-order valence-electron chi connectivity index (χ3n) is 4.98. The van der Waals surface area contributed by atoms with Crippen molar-refractivity contribution in [1.29, 1.82) is 5.26 Å². The van der Waals surface area contributed by atoms with E-state index < -0.39 is 0 Å². The van der Waals surface area contributed by atoms with Crippen molar-refractivity contribution in [2.45, 2.75) is 13.5 Å². The summed E-state index contributed by atoms with van der Waals surface area (Å²) in [5.74, 6) is 0. The number of nitrogens with zero attached hydrogens (tertiary/aromatic N) is 4. The van der Waals surface area contributed by atoms with Gasteiger partial charge in [-0.15, -0.1) is 0 Å². The molecule has 4 nitrogen and oxygen atoms in total. The van der Waals surface area contributed by atoms with Gasteiger partial charge in [-0.3, -0.25) is 4.98 Å². The number of nitriles is 1. The molecule has 0 fully saturated rings. The number of benzene rings is 2. The summed E-state index contributed by atoms with van der Waals surface area (Å²) in [6.07, 6.45) is 1.71. The molecule has 0 saturated heterocycles. The lowest BCUT2D eigenvalue weighted by atomic mass is 10.0. The normalized spacial score (nSPS) is 14.1. The van der Waals surface area contributed by atoms with Crippen LogP contribution in [0.1, 0.15) is 16.7 Å². The Kier molecular flexibility index (Phi) is 3.77. The highest BCUT2D eigenvalue weighted by Crippen LogP contribution is 2.34. The molecule has 1 aromatic heterocycles. The first-order chi connectivity index (χ1) is 12.2. The van der Waals surface area contributed by atoms with Crippen LogP contribution in [0.15, 0.2) is 48.7 Å². The summed E-state index contributed by atoms with van der Waals surface area (Å²) >= 11 is 0. The van der Waals surface area contributed by atoms with Gasteiger partial charge in [0.25, 0.3) is 0 Å². The Hall–Kier alpha value is -3.06. The number of rotatable bonds is 1. The number of para-hydroxylation sites is 2. The Labute approximate surface area is 147 Å². The molecule has 1 aliphatic heterocycles. The molecule has 1 aliphatic rings. The first kappa shape index (κ1) is 15.5. The Bertz CT molecular complexity index is 987. The Balaban J connectivity index is 1.90. The maximum absolute atomic E-state index is 9.67. The van der Waals surface area contributed by atoms with E-state index in [1.54, 1.807) is 6.20 Å². The molecular formula is C21H20N4. The summed E-state index contributed by atoms with van der Waals surface area (Å²) in [5.41, 5.74) is 6.29. The van der Waals surface area contributed by atoms with Crippen molar-refractivity contribution in [2.24, 2.45) is 0 Å². The quantitative estimate of drug-likeness (QED) is 0.680. The van der Waals surface area contributed by atoms with Gasteiger partial charge in [-0.2, -0.15) is 5.26 Å². The molecule has 0 N–H and O–H groups in total. The van der Waals surface area contributed by atoms with Crippen LogP contribution >= 0.6 is 0 Å². The molecule has 0 unspecified atom stereocenters. The van der Waals surface area contributed by atoms with E-state index in [0.717, 1.165) is 41.8 Å². The molecule has 2 aromatic carbocycles. The highest BCUT2D eigenvalue weighted by Gasteiger charge is 2.22. The number of hydrogen-bond acceptors (Lipinski definition) is 4. The molecule has 0 spiro atoms. The van der Waals surface area contributed by atoms with Gasteiger partial charge in [-0.05, 0) is 24.1 Å². The number of hydrogen-bond donors (Lipinski definition) is 0. The summed E-state index contributed by atoms with van der Waals surface area (Å²) < 4.78 is 0. The lowest BCUT2D eigenvalue weighted by Gasteiger charge is -2.26. The smallest absolute Gasteiger partial charge is 0.103 e. The van der Waals surface area contributed by atoms with Gasteiger partial charge in [0.2, 0.25) is 0 Å². The molecule has 3 aromatic rings. The molecule has 0 radical (unpaired) electrons. The molecule has 0 bridgehead atoms. The molecule has 0 amide bonds. The van der Waals surface area contributed by atoms with Crippen LogP contribution in [0.3, 0.4) is 0 Å². The average Bonchev–Trinajstić information content (AvgIpc) is 2.80. The second-order valence-electron chi connectivity index (χ2n) is 6.58. The topological polar surface area (TPSA) is 43.2 Å². The minimum Gasteiger partial charge on any atom is -0.373 e. The van der Waals surface area contributed by atoms with E-state index in [4.69, 9.17) is 0 Å². The van der Waals surface area contributed by atoms with Crippen LogP contribution in [-0.2, 0) is 6.54 Å². The average molecular weight is 328 g/mol. The number of aryl methyl sites for hydroxylation is 1. The zero-order chi connectivity index (χ0) is 17.4. The van der Waals surface area contributed by atoms with E-state index in [2.05, 4.69) is 71.2 Å². The number of aromatic nitrogens is 1. The van der Waals surface area contributed by atoms with Gasteiger partial charge < -0.3 is 9.80 Å². The second kappa shape index (κ2) is 6.10. The van der Waals surface area contributed by atoms with Crippen molar-refractivity contribution in [3.63, 3.8) is 0 Å². The highest BCUT2D eigenvalue weighted by molar-refractivity contribution is 5.96. The fourth-order valence-corrected chi connectivity index (χ4v) is 3.66. The van der Waals surface area contributed by atoms with Gasteiger partial charge in [0.05, 0.1) is 16.8 Å². The SMILES string of the molecule is Cc1cccc2c(N3CCN(C)c4ccccc4C3)c(C#N)cnc12. The molecule has 4 rings (SSSR count). The first-order valence-electron chi connectivity index (χ1n) is 8.51. The first-order valence-corrected chi connectivity index (χ1v) is 8.51. The van der Waals surface area contributed by atoms with Gasteiger partial charge in [-0.25, -0.2) is 0 Å². The van der Waals surface area contributed by atoms with E-state index in [1.807, 2.05) is 6.07 Å². The second-order valence-corrected chi connectivity index (χ2v) is 6.58. The van der Waals surface area contributed by atoms with Gasteiger partial charge >= 0.3 is 0 Å². The van der Waals surface area contributed by atoms with Gasteiger partial charge in [-0.1, -0.05) is 36.4 Å². The minimum atomic E-state index is 0.639. The van der Waals surface area contributed by atoms with Gasteiger partial charge in [0.1, 0.15) is 6.07 Å². The Morgan fingerprint density at radius 2 is 1.92 bits per heavy atom. The lowest BCUT2D eigenvalue weighted by Crippen LogP contribution is -2.29. The third-order valence-corrected chi connectivity index (χ3v) is 4.98. The fraction of sp³-hybridized carbons (Fsp3) is 0.238. The minimum absolute atomic E-state index is 0.639. The zero-order valence-corrected chi connectivity index (χ0v) is 14.5. The van der Waals surface area contributed by atoms with Crippen LogP contribution in [0.2, 0.25) is 0 Å². The van der Waals surface area contributed by atoms with Crippen molar-refractivity contribution in [3.8, 4) is 6.07 Å². The highest BCUT2D eigenvalue weighted by atomic mass is 15.2. The molecule has 2 heterocycles. The van der Waals surface area contributed by atoms with E-state index in [-0.39, 0.29) is 0 Å². The molecule has 0 atom stereocenters. The standard InChI is InChI=1S/C21H20N4/c1-15-6-5-8-18-20(15)23-13-17(12-22)21(18)25-11-10-24(2)19-9-4-3-7-16(19)14-25/h3-9,13H,10-11,14H2,1-2H3. The summed E-state index contributed by atoms with van der Waals surface area (Å²) in [6.45, 7) is 4.64. The van der Waals surface area contributed by atoms with Crippen LogP contribution < -0.4 is 9.80 Å². The van der Waals surface area contributed by atoms with Crippen LogP contribution in [0, 0.1) is 18.3 Å². The lowest BCUT2D eigenvalue weighted by molar-refractivity contribution is 0.799. The number of pyridine rings is 1. The summed E-state index contributed by atoms with van der Waals surface area (Å²) in [4.78, 5) is 9.14. The predicted molar refractivity (Wildman–Crippen MR) is 102 cm³/mol. The van der Waals surface area contributed by atoms with Crippen molar-refractivity contribution < 1.29 is 0 Å². The van der Waals surface area contributed by atoms with Gasteiger partial charge in [0.15, 0.2) is 0 Å². The Morgan fingerprint density at radius 3 is 2.76 bits per heavy atom. The van der Waals surface area contributed by atoms with Crippen LogP contribution in [-0.4, -0.2) is 25.1 Å². The molecule has 124 valence electrons. The predicted octanol–water partition coefficient (Wildman–Crippen LogP) is 3.87. The largest absolute Gasteiger partial charge is 0.373 e. The van der Waals surface area contributed by atoms with Crippen LogP contribution in [0.5, 0.6) is 0 Å². The maximum Gasteiger partial charge on any atom is 0.103 e. The third kappa shape index (κ3) is 2.58. The zero-order valence-electron chi connectivity index (χ0n) is 14.5. The van der Waals surface area contributed by atoms with E-state index in [0.29, 0.717) is 5.56 Å². The van der Waals surface area contributed by atoms with E-state index >= 15 is 0 Å². The van der Waals surface area contributed by atoms with E-state index in [1.165, 1.54) is 11.3 Å². The fourth-order valence-electron chi connectivity index (χ4n) is 3.66. The number of likely N-dealkylation sites (N-methyl/N-ethyl adjacent to an activating group) is 1. The Morgan fingerprint density at radius 1 is 1.08 bits per heavy atom. The maximum atomic E-state index is 9.67. The van der Waals surface area contributed by atoms with Crippen molar-refractivity contribution >= 4 is 22.3 Å². The van der Waals surface area contributed by atoms with E-state index in [9.17, 15) is 5.26 Å². The molecule has 25 heavy (non-hydrogen) atoms. The van der Waals surface area contributed by atoms with Crippen molar-refractivity contribution in [1.82, 2.24) is 4.98 Å². The van der Waals surface area contributed by atoms with Crippen molar-refractivity contribution in [3.05, 3.63) is 65.4 Å². The van der Waals surface area contributed by atoms with Gasteiger partial charge in [0, 0.05) is 44.0 Å². The number of anilines is 2. The summed E-state index contributed by atoms with van der Waals surface area (Å²) in [5, 5.41) is 10.7. The van der Waals surface area contributed by atoms with Crippen LogP contribution in [0.25, 0.3) is 10.9 Å². The monoisotopic (exact) mass is 328 g/mol. The van der Waals surface area contributed by atoms with Crippen molar-refractivity contribution in [2.75, 3.05) is 29.9 Å². The molecule has 0 aliphatic carbocycles. The number of fused-ring (bicyclic) bond motifs is 2. The molecular weight excluding hydrogens is 308 g/mol. The molecule has 0 saturated carbocycles. The summed E-state index contributed by atoms with van der Waals surface area (Å²) in [7, 11) is 2.13. The summed E-state index contributed by atoms with van der Waals surface area (Å²) in [6, 6.07) is 17.0. The molecule has 4 heteroatoms. The van der Waals surface area contributed by atoms with Crippen LogP contribution in [0.4, 0.5) is 11.4 Å².